The Labute approximate surface area is 113 Å². The van der Waals surface area contributed by atoms with E-state index in [2.05, 4.69) is 21.2 Å². The predicted molar refractivity (Wildman–Crippen MR) is 74.6 cm³/mol. The molecule has 92 valence electrons. The second-order valence-corrected chi connectivity index (χ2v) is 4.67. The van der Waals surface area contributed by atoms with Crippen molar-refractivity contribution >= 4 is 27.3 Å². The zero-order valence-electron chi connectivity index (χ0n) is 9.47. The number of rotatable bonds is 4. The van der Waals surface area contributed by atoms with Gasteiger partial charge >= 0.3 is 0 Å². The van der Waals surface area contributed by atoms with Crippen molar-refractivity contribution in [2.24, 2.45) is 0 Å². The maximum absolute atomic E-state index is 10.8. The summed E-state index contributed by atoms with van der Waals surface area (Å²) in [6, 6.07) is 14.4. The van der Waals surface area contributed by atoms with Crippen molar-refractivity contribution in [2.75, 3.05) is 5.32 Å². The molecule has 4 nitrogen and oxygen atoms in total. The van der Waals surface area contributed by atoms with E-state index in [1.807, 2.05) is 24.3 Å². The number of nitrogens with one attached hydrogen (secondary N) is 1. The minimum Gasteiger partial charge on any atom is -0.375 e. The molecule has 0 heterocycles. The smallest absolute Gasteiger partial charge is 0.292 e. The lowest BCUT2D eigenvalue weighted by Crippen LogP contribution is -2.02. The summed E-state index contributed by atoms with van der Waals surface area (Å²) in [5, 5.41) is 13.9. The molecule has 0 unspecified atom stereocenters. The number of nitrogens with zero attached hydrogens (tertiary/aromatic N) is 1. The maximum atomic E-state index is 10.8. The number of para-hydroxylation sites is 2. The molecule has 0 aromatic heterocycles. The van der Waals surface area contributed by atoms with Crippen molar-refractivity contribution < 1.29 is 4.92 Å². The molecule has 2 aromatic rings. The number of benzene rings is 2. The third kappa shape index (κ3) is 3.07. The molecule has 1 N–H and O–H groups in total. The molecule has 0 radical (unpaired) electrons. The Morgan fingerprint density at radius 1 is 1.11 bits per heavy atom. The van der Waals surface area contributed by atoms with Crippen molar-refractivity contribution in [1.29, 1.82) is 0 Å². The van der Waals surface area contributed by atoms with E-state index in [-0.39, 0.29) is 10.6 Å². The number of halogens is 1. The Kier molecular flexibility index (Phi) is 3.94. The lowest BCUT2D eigenvalue weighted by Gasteiger charge is -2.07. The molecule has 5 heteroatoms. The molecule has 0 amide bonds. The van der Waals surface area contributed by atoms with Gasteiger partial charge in [-0.3, -0.25) is 10.1 Å². The van der Waals surface area contributed by atoms with Crippen molar-refractivity contribution in [3.8, 4) is 0 Å². The van der Waals surface area contributed by atoms with Crippen molar-refractivity contribution in [2.45, 2.75) is 6.54 Å². The van der Waals surface area contributed by atoms with E-state index in [1.165, 1.54) is 6.07 Å². The van der Waals surface area contributed by atoms with Gasteiger partial charge in [0.2, 0.25) is 0 Å². The molecule has 0 saturated heterocycles. The van der Waals surface area contributed by atoms with E-state index in [0.717, 1.165) is 10.0 Å². The lowest BCUT2D eigenvalue weighted by molar-refractivity contribution is -0.384. The summed E-state index contributed by atoms with van der Waals surface area (Å²) >= 11 is 3.36. The van der Waals surface area contributed by atoms with Crippen LogP contribution in [0.4, 0.5) is 11.4 Å². The quantitative estimate of drug-likeness (QED) is 0.687. The molecule has 0 atom stereocenters. The SMILES string of the molecule is O=[N+]([O-])c1ccccc1NCc1ccc(Br)cc1. The Morgan fingerprint density at radius 3 is 2.44 bits per heavy atom. The fraction of sp³-hybridized carbons (Fsp3) is 0.0769. The minimum absolute atomic E-state index is 0.0922. The van der Waals surface area contributed by atoms with E-state index in [1.54, 1.807) is 18.2 Å². The number of anilines is 1. The van der Waals surface area contributed by atoms with Crippen LogP contribution in [0.1, 0.15) is 5.56 Å². The first kappa shape index (κ1) is 12.6. The number of nitro benzene ring substituents is 1. The molecule has 0 saturated carbocycles. The third-order valence-electron chi connectivity index (χ3n) is 2.50. The van der Waals surface area contributed by atoms with Gasteiger partial charge < -0.3 is 5.32 Å². The molecule has 2 rings (SSSR count). The Morgan fingerprint density at radius 2 is 1.78 bits per heavy atom. The zero-order chi connectivity index (χ0) is 13.0. The van der Waals surface area contributed by atoms with E-state index in [9.17, 15) is 10.1 Å². The average Bonchev–Trinajstić information content (AvgIpc) is 2.38. The van der Waals surface area contributed by atoms with Gasteiger partial charge in [-0.1, -0.05) is 40.2 Å². The first-order chi connectivity index (χ1) is 8.66. The molecular weight excluding hydrogens is 296 g/mol. The van der Waals surface area contributed by atoms with Crippen molar-refractivity contribution in [1.82, 2.24) is 0 Å². The van der Waals surface area contributed by atoms with Crippen LogP contribution >= 0.6 is 15.9 Å². The van der Waals surface area contributed by atoms with Gasteiger partial charge in [-0.05, 0) is 23.8 Å². The van der Waals surface area contributed by atoms with E-state index >= 15 is 0 Å². The molecule has 0 fully saturated rings. The number of nitro groups is 1. The van der Waals surface area contributed by atoms with Gasteiger partial charge in [0.05, 0.1) is 4.92 Å². The molecule has 0 aliphatic carbocycles. The average molecular weight is 307 g/mol. The second-order valence-electron chi connectivity index (χ2n) is 3.75. The van der Waals surface area contributed by atoms with Crippen molar-refractivity contribution in [3.63, 3.8) is 0 Å². The summed E-state index contributed by atoms with van der Waals surface area (Å²) in [6.45, 7) is 0.554. The normalized spacial score (nSPS) is 10.1. The van der Waals surface area contributed by atoms with Gasteiger partial charge in [-0.25, -0.2) is 0 Å². The first-order valence-corrected chi connectivity index (χ1v) is 6.18. The lowest BCUT2D eigenvalue weighted by atomic mass is 10.2. The predicted octanol–water partition coefficient (Wildman–Crippen LogP) is 3.97. The van der Waals surface area contributed by atoms with Gasteiger partial charge in [0.15, 0.2) is 0 Å². The van der Waals surface area contributed by atoms with Crippen LogP contribution in [0.5, 0.6) is 0 Å². The largest absolute Gasteiger partial charge is 0.375 e. The standard InChI is InChI=1S/C13H11BrN2O2/c14-11-7-5-10(6-8-11)9-15-12-3-1-2-4-13(12)16(17)18/h1-8,15H,9H2. The van der Waals surface area contributed by atoms with E-state index < -0.39 is 0 Å². The van der Waals surface area contributed by atoms with Crippen LogP contribution in [0, 0.1) is 10.1 Å². The van der Waals surface area contributed by atoms with Crippen LogP contribution in [0.2, 0.25) is 0 Å². The highest BCUT2D eigenvalue weighted by atomic mass is 79.9. The van der Waals surface area contributed by atoms with Gasteiger partial charge in [-0.15, -0.1) is 0 Å². The van der Waals surface area contributed by atoms with Crippen LogP contribution in [0.3, 0.4) is 0 Å². The van der Waals surface area contributed by atoms with Gasteiger partial charge in [0.25, 0.3) is 5.69 Å². The monoisotopic (exact) mass is 306 g/mol. The topological polar surface area (TPSA) is 55.2 Å². The summed E-state index contributed by atoms with van der Waals surface area (Å²) in [5.74, 6) is 0. The molecule has 0 bridgehead atoms. The molecule has 0 aliphatic heterocycles. The summed E-state index contributed by atoms with van der Waals surface area (Å²) in [4.78, 5) is 10.5. The Balaban J connectivity index is 2.10. The zero-order valence-corrected chi connectivity index (χ0v) is 11.1. The van der Waals surface area contributed by atoms with Gasteiger partial charge in [0, 0.05) is 17.1 Å². The number of hydrogen-bond acceptors (Lipinski definition) is 3. The van der Waals surface area contributed by atoms with Crippen LogP contribution < -0.4 is 5.32 Å². The third-order valence-corrected chi connectivity index (χ3v) is 3.03. The second kappa shape index (κ2) is 5.64. The van der Waals surface area contributed by atoms with Crippen molar-refractivity contribution in [3.05, 3.63) is 68.7 Å². The van der Waals surface area contributed by atoms with Gasteiger partial charge in [-0.2, -0.15) is 0 Å². The highest BCUT2D eigenvalue weighted by Gasteiger charge is 2.11. The van der Waals surface area contributed by atoms with Crippen LogP contribution in [0.15, 0.2) is 53.0 Å². The van der Waals surface area contributed by atoms with Crippen LogP contribution in [-0.4, -0.2) is 4.92 Å². The fourth-order valence-corrected chi connectivity index (χ4v) is 1.85. The molecule has 2 aromatic carbocycles. The molecule has 18 heavy (non-hydrogen) atoms. The minimum atomic E-state index is -0.385. The summed E-state index contributed by atoms with van der Waals surface area (Å²) in [7, 11) is 0. The van der Waals surface area contributed by atoms with Crippen LogP contribution in [-0.2, 0) is 6.54 Å². The van der Waals surface area contributed by atoms with Crippen LogP contribution in [0.25, 0.3) is 0 Å². The fourth-order valence-electron chi connectivity index (χ4n) is 1.58. The Hall–Kier alpha value is -1.88. The summed E-state index contributed by atoms with van der Waals surface area (Å²) in [6.07, 6.45) is 0. The summed E-state index contributed by atoms with van der Waals surface area (Å²) in [5.41, 5.74) is 1.69. The first-order valence-electron chi connectivity index (χ1n) is 5.38. The highest BCUT2D eigenvalue weighted by Crippen LogP contribution is 2.23. The number of hydrogen-bond donors (Lipinski definition) is 1. The molecular formula is C13H11BrN2O2. The molecule has 0 aliphatic rings. The van der Waals surface area contributed by atoms with E-state index in [4.69, 9.17) is 0 Å². The summed E-state index contributed by atoms with van der Waals surface area (Å²) < 4.78 is 1.01. The van der Waals surface area contributed by atoms with Gasteiger partial charge in [0.1, 0.15) is 5.69 Å². The Bertz CT molecular complexity index is 555. The maximum Gasteiger partial charge on any atom is 0.292 e. The molecule has 0 spiro atoms. The van der Waals surface area contributed by atoms with E-state index in [0.29, 0.717) is 12.2 Å². The highest BCUT2D eigenvalue weighted by molar-refractivity contribution is 9.10.